The fourth-order valence-electron chi connectivity index (χ4n) is 1.76. The lowest BCUT2D eigenvalue weighted by Crippen LogP contribution is -2.40. The summed E-state index contributed by atoms with van der Waals surface area (Å²) in [6, 6.07) is 7.10. The molecule has 0 fully saturated rings. The number of amides is 1. The molecule has 7 nitrogen and oxygen atoms in total. The summed E-state index contributed by atoms with van der Waals surface area (Å²) in [7, 11) is -4.04. The smallest absolute Gasteiger partial charge is 0.271 e. The van der Waals surface area contributed by atoms with E-state index in [1.807, 2.05) is 6.07 Å². The maximum Gasteiger partial charge on any atom is 0.271 e. The summed E-state index contributed by atoms with van der Waals surface area (Å²) in [5.74, 6) is -0.633. The van der Waals surface area contributed by atoms with Crippen molar-refractivity contribution in [2.45, 2.75) is 13.5 Å². The fraction of sp³-hybridized carbons (Fsp3) is 0.250. The van der Waals surface area contributed by atoms with Gasteiger partial charge in [0.15, 0.2) is 18.3 Å². The average Bonchev–Trinajstić information content (AvgIpc) is 2.35. The highest BCUT2D eigenvalue weighted by atomic mass is 32.2. The average molecular weight is 296 g/mol. The Labute approximate surface area is 116 Å². The molecule has 0 atom stereocenters. The summed E-state index contributed by atoms with van der Waals surface area (Å²) in [5.41, 5.74) is 1.11. The number of hydrogen-bond donors (Lipinski definition) is 2. The molecule has 8 heteroatoms. The highest BCUT2D eigenvalue weighted by Crippen LogP contribution is 2.19. The predicted molar refractivity (Wildman–Crippen MR) is 72.7 cm³/mol. The molecule has 0 radical (unpaired) electrons. The molecule has 0 aliphatic carbocycles. The normalized spacial score (nSPS) is 11.5. The zero-order chi connectivity index (χ0) is 14.8. The minimum atomic E-state index is -4.04. The van der Waals surface area contributed by atoms with Gasteiger partial charge in [0, 0.05) is 23.5 Å². The van der Waals surface area contributed by atoms with Gasteiger partial charge in [0.2, 0.25) is 5.91 Å². The van der Waals surface area contributed by atoms with Crippen molar-refractivity contribution < 1.29 is 22.4 Å². The predicted octanol–water partition coefficient (Wildman–Crippen LogP) is 0.368. The van der Waals surface area contributed by atoms with Crippen LogP contribution in [0.3, 0.4) is 0 Å². The maximum absolute atomic E-state index is 11.1. The second-order valence-corrected chi connectivity index (χ2v) is 5.86. The Morgan fingerprint density at radius 1 is 1.40 bits per heavy atom. The van der Waals surface area contributed by atoms with Crippen LogP contribution in [0.4, 0.5) is 5.69 Å². The first-order valence-corrected chi connectivity index (χ1v) is 7.48. The van der Waals surface area contributed by atoms with Crippen LogP contribution < -0.4 is 10.00 Å². The van der Waals surface area contributed by atoms with E-state index < -0.39 is 15.9 Å². The number of carbonyl (C=O) groups is 1. The first-order valence-electron chi connectivity index (χ1n) is 5.87. The molecule has 0 saturated heterocycles. The first-order chi connectivity index (χ1) is 9.35. The highest BCUT2D eigenvalue weighted by molar-refractivity contribution is 7.85. The van der Waals surface area contributed by atoms with Gasteiger partial charge in [-0.05, 0) is 6.07 Å². The van der Waals surface area contributed by atoms with Gasteiger partial charge in [-0.15, -0.1) is 0 Å². The molecular formula is C12H14N3O4S+. The molecule has 0 unspecified atom stereocenters. The van der Waals surface area contributed by atoms with Crippen LogP contribution in [0.2, 0.25) is 0 Å². The van der Waals surface area contributed by atoms with Crippen LogP contribution in [-0.2, 0) is 21.5 Å². The number of nitrogens with zero attached hydrogens (tertiary/aromatic N) is 2. The molecular weight excluding hydrogens is 282 g/mol. The van der Waals surface area contributed by atoms with Gasteiger partial charge in [-0.1, -0.05) is 16.8 Å². The van der Waals surface area contributed by atoms with Crippen LogP contribution in [0, 0.1) is 0 Å². The van der Waals surface area contributed by atoms with Crippen molar-refractivity contribution in [2.24, 2.45) is 0 Å². The number of fused-ring (bicyclic) bond motifs is 1. The lowest BCUT2D eigenvalue weighted by atomic mass is 10.2. The zero-order valence-corrected chi connectivity index (χ0v) is 11.6. The molecule has 0 bridgehead atoms. The molecule has 106 valence electrons. The summed E-state index contributed by atoms with van der Waals surface area (Å²) in [6.07, 6.45) is 1.62. The Hall–Kier alpha value is -2.06. The Kier molecular flexibility index (Phi) is 3.96. The van der Waals surface area contributed by atoms with Gasteiger partial charge < -0.3 is 5.32 Å². The van der Waals surface area contributed by atoms with Crippen LogP contribution >= 0.6 is 0 Å². The molecule has 2 rings (SSSR count). The number of hydrogen-bond acceptors (Lipinski definition) is 4. The number of aryl methyl sites for hydroxylation is 1. The second kappa shape index (κ2) is 5.51. The van der Waals surface area contributed by atoms with E-state index in [-0.39, 0.29) is 12.5 Å². The topological polar surface area (TPSA) is 100 Å². The van der Waals surface area contributed by atoms with Gasteiger partial charge >= 0.3 is 0 Å². The fourth-order valence-corrected chi connectivity index (χ4v) is 2.18. The molecule has 0 aliphatic rings. The van der Waals surface area contributed by atoms with Gasteiger partial charge in [0.25, 0.3) is 10.1 Å². The SMILES string of the molecule is CC(=O)Nc1cccc2cc[n+](CCS(=O)(=O)O)nc12. The van der Waals surface area contributed by atoms with Gasteiger partial charge in [-0.25, -0.2) is 0 Å². The van der Waals surface area contributed by atoms with E-state index in [0.29, 0.717) is 11.2 Å². The summed E-state index contributed by atoms with van der Waals surface area (Å²) in [4.78, 5) is 11.1. The van der Waals surface area contributed by atoms with Crippen molar-refractivity contribution in [3.05, 3.63) is 30.5 Å². The van der Waals surface area contributed by atoms with Crippen LogP contribution in [0.5, 0.6) is 0 Å². The molecule has 2 N–H and O–H groups in total. The van der Waals surface area contributed by atoms with E-state index in [9.17, 15) is 13.2 Å². The number of nitrogens with one attached hydrogen (secondary N) is 1. The molecule has 0 saturated carbocycles. The van der Waals surface area contributed by atoms with Crippen LogP contribution in [0.15, 0.2) is 30.5 Å². The van der Waals surface area contributed by atoms with Crippen molar-refractivity contribution in [1.82, 2.24) is 5.10 Å². The molecule has 0 spiro atoms. The number of benzene rings is 1. The number of anilines is 1. The van der Waals surface area contributed by atoms with Crippen LogP contribution in [0.25, 0.3) is 10.9 Å². The lowest BCUT2D eigenvalue weighted by molar-refractivity contribution is -0.747. The van der Waals surface area contributed by atoms with Gasteiger partial charge in [0.1, 0.15) is 5.75 Å². The Morgan fingerprint density at radius 3 is 2.80 bits per heavy atom. The van der Waals surface area contributed by atoms with Crippen LogP contribution in [-0.4, -0.2) is 29.7 Å². The Balaban J connectivity index is 2.38. The summed E-state index contributed by atoms with van der Waals surface area (Å²) in [6.45, 7) is 1.43. The molecule has 2 aromatic rings. The maximum atomic E-state index is 11.1. The minimum Gasteiger partial charge on any atom is -0.324 e. The molecule has 0 aliphatic heterocycles. The standard InChI is InChI=1S/C12H13N3O4S/c1-9(16)13-11-4-2-3-10-5-6-15(14-12(10)11)7-8-20(17,18)19/h2-6H,7-8H2,1H3,(H,17,18,19)/p+1. The molecule has 1 amide bonds. The third kappa shape index (κ3) is 3.72. The number of carbonyl (C=O) groups excluding carboxylic acids is 1. The largest absolute Gasteiger partial charge is 0.324 e. The highest BCUT2D eigenvalue weighted by Gasteiger charge is 2.13. The van der Waals surface area contributed by atoms with E-state index >= 15 is 0 Å². The monoisotopic (exact) mass is 296 g/mol. The first kappa shape index (κ1) is 14.4. The third-order valence-corrected chi connectivity index (χ3v) is 3.31. The molecule has 1 aromatic carbocycles. The van der Waals surface area contributed by atoms with Gasteiger partial charge in [-0.3, -0.25) is 9.35 Å². The third-order valence-electron chi connectivity index (χ3n) is 2.61. The van der Waals surface area contributed by atoms with Gasteiger partial charge in [-0.2, -0.15) is 8.42 Å². The quantitative estimate of drug-likeness (QED) is 0.627. The van der Waals surface area contributed by atoms with Gasteiger partial charge in [0.05, 0.1) is 5.69 Å². The Bertz CT molecular complexity index is 758. The summed E-state index contributed by atoms with van der Waals surface area (Å²) < 4.78 is 31.6. The van der Waals surface area contributed by atoms with E-state index in [2.05, 4.69) is 10.4 Å². The lowest BCUT2D eigenvalue weighted by Gasteiger charge is -2.04. The van der Waals surface area contributed by atoms with E-state index in [1.54, 1.807) is 24.4 Å². The van der Waals surface area contributed by atoms with Crippen molar-refractivity contribution >= 4 is 32.6 Å². The zero-order valence-electron chi connectivity index (χ0n) is 10.8. The number of rotatable bonds is 4. The van der Waals surface area contributed by atoms with Crippen molar-refractivity contribution in [3.63, 3.8) is 0 Å². The second-order valence-electron chi connectivity index (χ2n) is 4.29. The van der Waals surface area contributed by atoms with E-state index in [0.717, 1.165) is 5.39 Å². The van der Waals surface area contributed by atoms with E-state index in [4.69, 9.17) is 4.55 Å². The Morgan fingerprint density at radius 2 is 2.15 bits per heavy atom. The summed E-state index contributed by atoms with van der Waals surface area (Å²) >= 11 is 0. The van der Waals surface area contributed by atoms with E-state index in [1.165, 1.54) is 11.6 Å². The van der Waals surface area contributed by atoms with Crippen molar-refractivity contribution in [1.29, 1.82) is 0 Å². The van der Waals surface area contributed by atoms with Crippen molar-refractivity contribution in [3.8, 4) is 0 Å². The van der Waals surface area contributed by atoms with Crippen molar-refractivity contribution in [2.75, 3.05) is 11.1 Å². The molecule has 1 aromatic heterocycles. The molecule has 20 heavy (non-hydrogen) atoms. The summed E-state index contributed by atoms with van der Waals surface area (Å²) in [5, 5.41) is 7.74. The van der Waals surface area contributed by atoms with Crippen LogP contribution in [0.1, 0.15) is 6.92 Å². The number of aromatic nitrogens is 2. The minimum absolute atomic E-state index is 0.0309. The molecule has 1 heterocycles.